The number of aliphatic carboxylic acids is 2. The summed E-state index contributed by atoms with van der Waals surface area (Å²) in [6.07, 6.45) is -1.64. The molecule has 1 unspecified atom stereocenters. The highest BCUT2D eigenvalue weighted by Gasteiger charge is 2.67. The zero-order chi connectivity index (χ0) is 44.9. The number of nitrogens with one attached hydrogen (secondary N) is 2. The number of nitrogens with zero attached hydrogens (tertiary/aromatic N) is 5. The highest BCUT2D eigenvalue weighted by molar-refractivity contribution is 8.01. The van der Waals surface area contributed by atoms with E-state index in [2.05, 4.69) is 26.2 Å². The first-order valence-corrected chi connectivity index (χ1v) is 19.9. The summed E-state index contributed by atoms with van der Waals surface area (Å²) in [6, 6.07) is 5.24. The van der Waals surface area contributed by atoms with Crippen LogP contribution in [0.4, 0.5) is 9.59 Å². The van der Waals surface area contributed by atoms with Crippen molar-refractivity contribution in [1.29, 1.82) is 0 Å². The van der Waals surface area contributed by atoms with Crippen LogP contribution in [-0.4, -0.2) is 125 Å². The maximum atomic E-state index is 14.2. The zero-order valence-electron chi connectivity index (χ0n) is 32.3. The number of carboxylic acid groups (broad SMARTS) is 2. The number of amides is 3. The summed E-state index contributed by atoms with van der Waals surface area (Å²) in [5.41, 5.74) is -4.17. The van der Waals surface area contributed by atoms with E-state index in [0.29, 0.717) is 0 Å². The first-order chi connectivity index (χ1) is 29.6. The lowest BCUT2D eigenvalue weighted by Gasteiger charge is -2.56. The molecule has 0 aliphatic carbocycles. The van der Waals surface area contributed by atoms with Crippen LogP contribution >= 0.6 is 23.5 Å². The van der Waals surface area contributed by atoms with Gasteiger partial charge in [-0.1, -0.05) is 23.9 Å². The Hall–Kier alpha value is -7.19. The molecule has 4 aromatic rings. The number of carbonyl (C=O) groups is 7. The molecule has 6 rings (SSSR count). The lowest BCUT2D eigenvalue weighted by Crippen LogP contribution is -2.81. The number of fused-ring (bicyclic) bond motifs is 2. The van der Waals surface area contributed by atoms with Gasteiger partial charge in [0, 0.05) is 24.7 Å². The summed E-state index contributed by atoms with van der Waals surface area (Å²) in [5, 5.41) is 43.7. The molecule has 1 saturated heterocycles. The van der Waals surface area contributed by atoms with Crippen LogP contribution < -0.4 is 25.5 Å². The largest absolute Gasteiger partial charge is 0.513 e. The molecule has 5 N–H and O–H groups in total. The monoisotopic (exact) mass is 899 g/mol. The van der Waals surface area contributed by atoms with E-state index in [1.54, 1.807) is 0 Å². The van der Waals surface area contributed by atoms with E-state index in [1.807, 2.05) is 0 Å². The van der Waals surface area contributed by atoms with Crippen molar-refractivity contribution in [2.24, 2.45) is 0 Å². The van der Waals surface area contributed by atoms with E-state index in [-0.39, 0.29) is 57.7 Å². The standard InChI is InChI=1S/C36H33N7O17S2/c1-4-56-34(53)59-22-10-19-21(11-23(22)60-35(54)57-5-2)58-13-20(27(19)47)28(48)37-25(16-6-8-18(44)9-7-16)29(49)38-36(55-3)31(52)43-26(30(50)51)17(14-61-32(36)43)15-62-33-39-40-41-42(33)12-24(45)46/h6-11,13,25,32,44H,4-5,12,14-15H2,1-3H3,(H,37,48)(H,38,49)(H,45,46)(H,50,51)/t25?,32-,36-/m0/s1. The SMILES string of the molecule is CCOC(=O)Oc1cc2occ(C(=O)NC(C(=O)N[C@]3(OC)C(=O)N4C(C(=O)O)=C(CSc5nnnn5CC(=O)O)CS[C@H]43)c3ccc(O)cc3)c(=O)c2cc1OC(=O)OCC. The molecule has 0 radical (unpaired) electrons. The molecule has 24 nitrogen and oxygen atoms in total. The number of aromatic hydroxyl groups is 1. The first kappa shape index (κ1) is 44.4. The Kier molecular flexibility index (Phi) is 13.3. The summed E-state index contributed by atoms with van der Waals surface area (Å²) in [6.45, 7) is 2.31. The van der Waals surface area contributed by atoms with Gasteiger partial charge < -0.3 is 54.1 Å². The van der Waals surface area contributed by atoms with Crippen LogP contribution in [0.5, 0.6) is 17.2 Å². The molecule has 3 atom stereocenters. The highest BCUT2D eigenvalue weighted by atomic mass is 32.2. The topological polar surface area (TPSA) is 327 Å². The number of hydrogen-bond acceptors (Lipinski definition) is 20. The fourth-order valence-electron chi connectivity index (χ4n) is 6.09. The lowest BCUT2D eigenvalue weighted by atomic mass is 9.96. The van der Waals surface area contributed by atoms with Crippen molar-refractivity contribution in [3.63, 3.8) is 0 Å². The second kappa shape index (κ2) is 18.6. The van der Waals surface area contributed by atoms with Gasteiger partial charge in [0.1, 0.15) is 46.8 Å². The Balaban J connectivity index is 1.28. The van der Waals surface area contributed by atoms with Crippen LogP contribution in [0, 0.1) is 0 Å². The van der Waals surface area contributed by atoms with Gasteiger partial charge in [0.15, 0.2) is 11.5 Å². The number of β-lactam (4-membered cyclic amide) rings is 1. The second-order valence-corrected chi connectivity index (χ2v) is 14.7. The summed E-state index contributed by atoms with van der Waals surface area (Å²) in [5.74, 6) is -7.08. The van der Waals surface area contributed by atoms with Gasteiger partial charge >= 0.3 is 24.2 Å². The number of carboxylic acids is 2. The van der Waals surface area contributed by atoms with Crippen LogP contribution in [0.1, 0.15) is 35.8 Å². The van der Waals surface area contributed by atoms with E-state index in [0.717, 1.165) is 58.6 Å². The van der Waals surface area contributed by atoms with E-state index >= 15 is 0 Å². The molecule has 62 heavy (non-hydrogen) atoms. The number of hydrogen-bond donors (Lipinski definition) is 5. The number of methoxy groups -OCH3 is 1. The Labute approximate surface area is 355 Å². The zero-order valence-corrected chi connectivity index (χ0v) is 34.0. The van der Waals surface area contributed by atoms with Gasteiger partial charge in [0.25, 0.3) is 17.5 Å². The van der Waals surface area contributed by atoms with Gasteiger partial charge in [-0.15, -0.1) is 16.9 Å². The molecule has 326 valence electrons. The van der Waals surface area contributed by atoms with Crippen LogP contribution in [0.2, 0.25) is 0 Å². The number of tetrazole rings is 1. The predicted molar refractivity (Wildman–Crippen MR) is 208 cm³/mol. The molecule has 26 heteroatoms. The Morgan fingerprint density at radius 3 is 2.29 bits per heavy atom. The molecule has 0 bridgehead atoms. The quantitative estimate of drug-likeness (QED) is 0.0351. The normalized spacial score (nSPS) is 17.3. The summed E-state index contributed by atoms with van der Waals surface area (Å²) in [4.78, 5) is 105. The van der Waals surface area contributed by atoms with Crippen LogP contribution in [0.3, 0.4) is 0 Å². The number of thioether (sulfide) groups is 2. The van der Waals surface area contributed by atoms with E-state index in [4.69, 9.17) is 33.2 Å². The number of aromatic nitrogens is 4. The minimum absolute atomic E-state index is 0.00338. The molecule has 1 fully saturated rings. The third-order valence-electron chi connectivity index (χ3n) is 8.86. The summed E-state index contributed by atoms with van der Waals surface area (Å²) in [7, 11) is 1.10. The molecule has 2 aliphatic rings. The molecule has 0 saturated carbocycles. The van der Waals surface area contributed by atoms with Crippen molar-refractivity contribution in [2.45, 2.75) is 42.7 Å². The first-order valence-electron chi connectivity index (χ1n) is 17.9. The van der Waals surface area contributed by atoms with E-state index in [1.165, 1.54) is 38.1 Å². The lowest BCUT2D eigenvalue weighted by molar-refractivity contribution is -0.192. The fourth-order valence-corrected chi connectivity index (χ4v) is 8.55. The number of phenolic OH excluding ortho intramolecular Hbond substituents is 1. The third-order valence-corrected chi connectivity index (χ3v) is 11.3. The van der Waals surface area contributed by atoms with Gasteiger partial charge in [-0.2, -0.15) is 0 Å². The van der Waals surface area contributed by atoms with Gasteiger partial charge in [-0.25, -0.2) is 19.1 Å². The summed E-state index contributed by atoms with van der Waals surface area (Å²) < 4.78 is 31.9. The van der Waals surface area contributed by atoms with Crippen molar-refractivity contribution in [2.75, 3.05) is 31.8 Å². The fraction of sp³-hybridized carbons (Fsp3) is 0.306. The van der Waals surface area contributed by atoms with Gasteiger partial charge in [0.05, 0.1) is 18.6 Å². The molecule has 0 spiro atoms. The number of rotatable bonds is 16. The number of carbonyl (C=O) groups excluding carboxylic acids is 5. The summed E-state index contributed by atoms with van der Waals surface area (Å²) >= 11 is 1.98. The molecule has 2 aliphatic heterocycles. The Morgan fingerprint density at radius 1 is 1.02 bits per heavy atom. The maximum Gasteiger partial charge on any atom is 0.513 e. The molecule has 2 aromatic heterocycles. The minimum Gasteiger partial charge on any atom is -0.508 e. The second-order valence-electron chi connectivity index (χ2n) is 12.7. The van der Waals surface area contributed by atoms with Gasteiger partial charge in [-0.05, 0) is 53.6 Å². The average molecular weight is 900 g/mol. The number of ether oxygens (including phenoxy) is 5. The minimum atomic E-state index is -2.17. The van der Waals surface area contributed by atoms with Gasteiger partial charge in [0.2, 0.25) is 16.5 Å². The van der Waals surface area contributed by atoms with Crippen LogP contribution in [0.25, 0.3) is 11.0 Å². The molecule has 3 amide bonds. The smallest absolute Gasteiger partial charge is 0.508 e. The Bertz CT molecular complexity index is 2560. The average Bonchev–Trinajstić information content (AvgIpc) is 3.67. The van der Waals surface area contributed by atoms with Crippen molar-refractivity contribution in [3.8, 4) is 17.2 Å². The number of benzene rings is 2. The van der Waals surface area contributed by atoms with Crippen LogP contribution in [0.15, 0.2) is 68.3 Å². The maximum absolute atomic E-state index is 14.2. The molecule has 2 aromatic carbocycles. The molecular weight excluding hydrogens is 867 g/mol. The third kappa shape index (κ3) is 8.96. The Morgan fingerprint density at radius 2 is 1.68 bits per heavy atom. The number of phenols is 1. The highest BCUT2D eigenvalue weighted by Crippen LogP contribution is 2.47. The van der Waals surface area contributed by atoms with Crippen molar-refractivity contribution in [1.82, 2.24) is 35.7 Å². The predicted octanol–water partition coefficient (Wildman–Crippen LogP) is 1.62. The van der Waals surface area contributed by atoms with Crippen LogP contribution in [-0.2, 0) is 39.9 Å². The van der Waals surface area contributed by atoms with Gasteiger partial charge in [-0.3, -0.25) is 28.9 Å². The van der Waals surface area contributed by atoms with E-state index < -0.39 is 93.8 Å². The molecular formula is C36H33N7O17S2. The van der Waals surface area contributed by atoms with Crippen molar-refractivity contribution >= 4 is 76.5 Å². The molecule has 4 heterocycles. The van der Waals surface area contributed by atoms with E-state index in [9.17, 15) is 48.6 Å². The van der Waals surface area contributed by atoms with Crippen molar-refractivity contribution < 1.29 is 77.0 Å². The van der Waals surface area contributed by atoms with Crippen molar-refractivity contribution in [3.05, 3.63) is 75.3 Å².